The Hall–Kier alpha value is -0.870. The van der Waals surface area contributed by atoms with E-state index < -0.39 is 0 Å². The third kappa shape index (κ3) is 2.32. The lowest BCUT2D eigenvalue weighted by molar-refractivity contribution is -0.111. The summed E-state index contributed by atoms with van der Waals surface area (Å²) in [6, 6.07) is 0. The zero-order chi connectivity index (χ0) is 9.61. The zero-order valence-corrected chi connectivity index (χ0v) is 7.47. The molecule has 4 heteroatoms. The Bertz CT molecular complexity index is 170. The van der Waals surface area contributed by atoms with Gasteiger partial charge in [-0.15, -0.1) is 6.58 Å². The van der Waals surface area contributed by atoms with Gasteiger partial charge in [0.05, 0.1) is 0 Å². The lowest BCUT2D eigenvalue weighted by atomic mass is 10.0. The van der Waals surface area contributed by atoms with Crippen molar-refractivity contribution in [2.75, 3.05) is 0 Å². The minimum atomic E-state index is -0.323. The maximum Gasteiger partial charge on any atom is 0.250 e. The second kappa shape index (κ2) is 4.90. The van der Waals surface area contributed by atoms with Crippen LogP contribution < -0.4 is 17.0 Å². The second-order valence-electron chi connectivity index (χ2n) is 2.73. The molecule has 1 fully saturated rings. The third-order valence-electron chi connectivity index (χ3n) is 1.95. The number of nitrogens with two attached hydrogens (primary N) is 2. The summed E-state index contributed by atoms with van der Waals surface area (Å²) in [5.74, 6) is 8.14. The summed E-state index contributed by atoms with van der Waals surface area (Å²) in [5, 5.41) is 2.77. The number of hydrogen-bond donors (Lipinski definition) is 3. The summed E-state index contributed by atoms with van der Waals surface area (Å²) < 4.78 is 0. The molecule has 0 saturated carbocycles. The Kier molecular flexibility index (Phi) is 4.54. The van der Waals surface area contributed by atoms with Crippen LogP contribution in [0.5, 0.6) is 0 Å². The Labute approximate surface area is 73.0 Å². The van der Waals surface area contributed by atoms with Gasteiger partial charge in [-0.3, -0.25) is 16.5 Å². The summed E-state index contributed by atoms with van der Waals surface area (Å²) in [4.78, 5) is 10.8. The molecule has 1 aliphatic heterocycles. The summed E-state index contributed by atoms with van der Waals surface area (Å²) >= 11 is 0. The van der Waals surface area contributed by atoms with E-state index in [-0.39, 0.29) is 11.4 Å². The number of carbonyl (C=O) groups excluding carboxylic acids is 1. The van der Waals surface area contributed by atoms with Gasteiger partial charge in [-0.05, 0) is 6.42 Å². The highest BCUT2D eigenvalue weighted by Gasteiger charge is 2.49. The molecule has 0 aromatic heterocycles. The molecule has 0 spiro atoms. The lowest BCUT2D eigenvalue weighted by Gasteiger charge is -2.01. The van der Waals surface area contributed by atoms with Crippen LogP contribution in [0.2, 0.25) is 0 Å². The predicted molar refractivity (Wildman–Crippen MR) is 49.0 cm³/mol. The molecule has 1 heterocycles. The molecule has 1 atom stereocenters. The monoisotopic (exact) mass is 171 g/mol. The van der Waals surface area contributed by atoms with Crippen molar-refractivity contribution in [3.63, 3.8) is 0 Å². The highest BCUT2D eigenvalue weighted by Crippen LogP contribution is 2.26. The Morgan fingerprint density at radius 1 is 1.67 bits per heavy atom. The Morgan fingerprint density at radius 3 is 2.42 bits per heavy atom. The molecule has 4 nitrogen and oxygen atoms in total. The minimum absolute atomic E-state index is 0.135. The van der Waals surface area contributed by atoms with Crippen molar-refractivity contribution in [2.45, 2.75) is 31.7 Å². The second-order valence-corrected chi connectivity index (χ2v) is 2.73. The van der Waals surface area contributed by atoms with Gasteiger partial charge in [0, 0.05) is 0 Å². The van der Waals surface area contributed by atoms with E-state index >= 15 is 0 Å². The van der Waals surface area contributed by atoms with Crippen molar-refractivity contribution in [1.82, 2.24) is 5.32 Å². The number of nitrogens with one attached hydrogen (secondary N) is 1. The third-order valence-corrected chi connectivity index (χ3v) is 1.95. The van der Waals surface area contributed by atoms with Crippen molar-refractivity contribution < 1.29 is 4.79 Å². The number of carbonyl (C=O) groups is 1. The van der Waals surface area contributed by atoms with Crippen molar-refractivity contribution in [3.8, 4) is 0 Å². The molecule has 0 aromatic rings. The molecule has 1 amide bonds. The fourth-order valence-corrected chi connectivity index (χ4v) is 1.05. The van der Waals surface area contributed by atoms with Crippen LogP contribution in [0.15, 0.2) is 12.7 Å². The summed E-state index contributed by atoms with van der Waals surface area (Å²) in [6.45, 7) is 5.73. The van der Waals surface area contributed by atoms with Gasteiger partial charge in [0.1, 0.15) is 5.54 Å². The lowest BCUT2D eigenvalue weighted by Crippen LogP contribution is -2.11. The summed E-state index contributed by atoms with van der Waals surface area (Å²) in [5.41, 5.74) is -0.323. The van der Waals surface area contributed by atoms with Crippen LogP contribution in [0.3, 0.4) is 0 Å². The standard InChI is InChI=1S/C8H13NO.H4N2/c1-3-5-6-8(4-2)7(10)9-8;1-2/h4H,2-3,5-6H2,1H3,(H,9,10);1-2H2. The largest absolute Gasteiger partial charge is 0.336 e. The van der Waals surface area contributed by atoms with Gasteiger partial charge in [-0.1, -0.05) is 25.8 Å². The van der Waals surface area contributed by atoms with Gasteiger partial charge >= 0.3 is 0 Å². The predicted octanol–water partition coefficient (Wildman–Crippen LogP) is 0.0500. The molecular formula is C8H17N3O. The quantitative estimate of drug-likeness (QED) is 0.241. The molecule has 1 aliphatic rings. The summed E-state index contributed by atoms with van der Waals surface area (Å²) in [7, 11) is 0. The van der Waals surface area contributed by atoms with Crippen LogP contribution in [0.4, 0.5) is 0 Å². The van der Waals surface area contributed by atoms with Crippen molar-refractivity contribution in [1.29, 1.82) is 0 Å². The molecule has 0 aromatic carbocycles. The minimum Gasteiger partial charge on any atom is -0.336 e. The molecule has 5 N–H and O–H groups in total. The van der Waals surface area contributed by atoms with Crippen molar-refractivity contribution >= 4 is 5.91 Å². The van der Waals surface area contributed by atoms with Gasteiger partial charge in [-0.25, -0.2) is 0 Å². The molecule has 0 bridgehead atoms. The normalized spacial score (nSPS) is 25.1. The molecule has 1 unspecified atom stereocenters. The van der Waals surface area contributed by atoms with Crippen LogP contribution in [-0.2, 0) is 4.79 Å². The topological polar surface area (TPSA) is 91.0 Å². The first-order valence-electron chi connectivity index (χ1n) is 4.05. The van der Waals surface area contributed by atoms with Crippen LogP contribution >= 0.6 is 0 Å². The average Bonchev–Trinajstić information content (AvgIpc) is 2.78. The molecule has 12 heavy (non-hydrogen) atoms. The molecular weight excluding hydrogens is 154 g/mol. The number of hydrazine groups is 1. The van der Waals surface area contributed by atoms with Crippen molar-refractivity contribution in [3.05, 3.63) is 12.7 Å². The van der Waals surface area contributed by atoms with Gasteiger partial charge in [0.15, 0.2) is 0 Å². The van der Waals surface area contributed by atoms with Crippen LogP contribution in [0.25, 0.3) is 0 Å². The number of amides is 1. The average molecular weight is 171 g/mol. The molecule has 0 radical (unpaired) electrons. The van der Waals surface area contributed by atoms with Gasteiger partial charge in [-0.2, -0.15) is 0 Å². The maximum atomic E-state index is 10.8. The van der Waals surface area contributed by atoms with E-state index in [1.54, 1.807) is 6.08 Å². The SMILES string of the molecule is C=CC1(CCCC)NC1=O.NN. The van der Waals surface area contributed by atoms with Crippen LogP contribution in [0.1, 0.15) is 26.2 Å². The fraction of sp³-hybridized carbons (Fsp3) is 0.625. The first kappa shape index (κ1) is 11.1. The van der Waals surface area contributed by atoms with Crippen LogP contribution in [-0.4, -0.2) is 11.4 Å². The highest BCUT2D eigenvalue weighted by molar-refractivity contribution is 6.04. The molecule has 70 valence electrons. The first-order valence-corrected chi connectivity index (χ1v) is 4.05. The number of rotatable bonds is 4. The van der Waals surface area contributed by atoms with E-state index in [9.17, 15) is 4.79 Å². The highest BCUT2D eigenvalue weighted by atomic mass is 16.2. The van der Waals surface area contributed by atoms with E-state index in [0.29, 0.717) is 0 Å². The van der Waals surface area contributed by atoms with E-state index in [0.717, 1.165) is 19.3 Å². The van der Waals surface area contributed by atoms with Gasteiger partial charge in [0.2, 0.25) is 0 Å². The number of unbranched alkanes of at least 4 members (excludes halogenated alkanes) is 1. The zero-order valence-electron chi connectivity index (χ0n) is 7.47. The van der Waals surface area contributed by atoms with E-state index in [4.69, 9.17) is 0 Å². The smallest absolute Gasteiger partial charge is 0.250 e. The molecule has 1 saturated heterocycles. The first-order chi connectivity index (χ1) is 5.75. The van der Waals surface area contributed by atoms with E-state index in [1.807, 2.05) is 0 Å². The molecule has 0 aliphatic carbocycles. The van der Waals surface area contributed by atoms with Gasteiger partial charge < -0.3 is 5.32 Å². The maximum absolute atomic E-state index is 10.8. The molecule has 1 rings (SSSR count). The Morgan fingerprint density at radius 2 is 2.17 bits per heavy atom. The van der Waals surface area contributed by atoms with E-state index in [1.165, 1.54) is 0 Å². The van der Waals surface area contributed by atoms with Crippen molar-refractivity contribution in [2.24, 2.45) is 11.7 Å². The van der Waals surface area contributed by atoms with Crippen LogP contribution in [0, 0.1) is 0 Å². The Balaban J connectivity index is 0.000000561. The summed E-state index contributed by atoms with van der Waals surface area (Å²) in [6.07, 6.45) is 4.84. The fourth-order valence-electron chi connectivity index (χ4n) is 1.05. The number of hydrogen-bond acceptors (Lipinski definition) is 3. The van der Waals surface area contributed by atoms with E-state index in [2.05, 4.69) is 30.5 Å². The van der Waals surface area contributed by atoms with Gasteiger partial charge in [0.25, 0.3) is 5.91 Å².